The third kappa shape index (κ3) is 3.19. The van der Waals surface area contributed by atoms with E-state index in [1.54, 1.807) is 0 Å². The first-order valence-electron chi connectivity index (χ1n) is 6.67. The van der Waals surface area contributed by atoms with Crippen molar-refractivity contribution in [2.45, 2.75) is 45.6 Å². The van der Waals surface area contributed by atoms with Gasteiger partial charge in [-0.25, -0.2) is 4.98 Å². The summed E-state index contributed by atoms with van der Waals surface area (Å²) in [6, 6.07) is 0. The maximum absolute atomic E-state index is 4.83. The van der Waals surface area contributed by atoms with Crippen LogP contribution in [0, 0.1) is 0 Å². The van der Waals surface area contributed by atoms with Crippen molar-refractivity contribution in [1.82, 2.24) is 10.3 Å². The summed E-state index contributed by atoms with van der Waals surface area (Å²) < 4.78 is 0. The van der Waals surface area contributed by atoms with Crippen molar-refractivity contribution in [2.75, 3.05) is 25.0 Å². The summed E-state index contributed by atoms with van der Waals surface area (Å²) in [5.74, 6) is 0.753. The minimum Gasteiger partial charge on any atom is -0.351 e. The number of thiazole rings is 1. The van der Waals surface area contributed by atoms with Gasteiger partial charge in [0, 0.05) is 30.9 Å². The van der Waals surface area contributed by atoms with Gasteiger partial charge in [0.1, 0.15) is 0 Å². The van der Waals surface area contributed by atoms with Crippen molar-refractivity contribution in [3.8, 4) is 0 Å². The maximum atomic E-state index is 4.83. The molecule has 0 aliphatic heterocycles. The van der Waals surface area contributed by atoms with E-state index < -0.39 is 0 Å². The average molecular weight is 253 g/mol. The lowest BCUT2D eigenvalue weighted by Crippen LogP contribution is -2.15. The summed E-state index contributed by atoms with van der Waals surface area (Å²) in [4.78, 5) is 8.52. The Morgan fingerprint density at radius 3 is 2.76 bits per heavy atom. The summed E-state index contributed by atoms with van der Waals surface area (Å²) in [6.07, 6.45) is 3.86. The smallest absolute Gasteiger partial charge is 0.185 e. The van der Waals surface area contributed by atoms with Crippen LogP contribution < -0.4 is 10.2 Å². The summed E-state index contributed by atoms with van der Waals surface area (Å²) in [6.45, 7) is 7.50. The molecule has 0 bridgehead atoms. The van der Waals surface area contributed by atoms with E-state index in [4.69, 9.17) is 4.98 Å². The maximum Gasteiger partial charge on any atom is 0.185 e. The van der Waals surface area contributed by atoms with E-state index in [-0.39, 0.29) is 0 Å². The standard InChI is InChI=1S/C13H23N3S/c1-4-8-14-9-11-12(10-6-7-10)15-13(17-11)16(3)5-2/h10,14H,4-9H2,1-3H3. The van der Waals surface area contributed by atoms with Crippen molar-refractivity contribution < 1.29 is 0 Å². The van der Waals surface area contributed by atoms with E-state index in [1.165, 1.54) is 35.0 Å². The lowest BCUT2D eigenvalue weighted by Gasteiger charge is -2.11. The van der Waals surface area contributed by atoms with Gasteiger partial charge in [0.15, 0.2) is 5.13 Å². The molecule has 0 amide bonds. The molecule has 1 heterocycles. The van der Waals surface area contributed by atoms with Crippen molar-refractivity contribution in [2.24, 2.45) is 0 Å². The molecule has 17 heavy (non-hydrogen) atoms. The second-order valence-corrected chi connectivity index (χ2v) is 5.83. The topological polar surface area (TPSA) is 28.2 Å². The molecule has 0 unspecified atom stereocenters. The minimum absolute atomic E-state index is 0.753. The molecule has 1 aliphatic rings. The fraction of sp³-hybridized carbons (Fsp3) is 0.769. The van der Waals surface area contributed by atoms with Gasteiger partial charge in [-0.3, -0.25) is 0 Å². The molecular weight excluding hydrogens is 230 g/mol. The Morgan fingerprint density at radius 2 is 2.18 bits per heavy atom. The SMILES string of the molecule is CCCNCc1sc(N(C)CC)nc1C1CC1. The molecule has 4 heteroatoms. The molecule has 0 radical (unpaired) electrons. The number of nitrogens with one attached hydrogen (secondary N) is 1. The van der Waals surface area contributed by atoms with E-state index in [2.05, 4.69) is 31.1 Å². The number of rotatable bonds is 7. The number of hydrogen-bond donors (Lipinski definition) is 1. The fourth-order valence-electron chi connectivity index (χ4n) is 1.83. The van der Waals surface area contributed by atoms with Gasteiger partial charge < -0.3 is 10.2 Å². The van der Waals surface area contributed by atoms with Crippen LogP contribution in [-0.2, 0) is 6.54 Å². The second kappa shape index (κ2) is 5.83. The Morgan fingerprint density at radius 1 is 1.41 bits per heavy atom. The Bertz CT molecular complexity index is 358. The quantitative estimate of drug-likeness (QED) is 0.757. The number of hydrogen-bond acceptors (Lipinski definition) is 4. The summed E-state index contributed by atoms with van der Waals surface area (Å²) >= 11 is 1.86. The first-order valence-corrected chi connectivity index (χ1v) is 7.49. The Kier molecular flexibility index (Phi) is 4.40. The number of nitrogens with zero attached hydrogens (tertiary/aromatic N) is 2. The Hall–Kier alpha value is -0.610. The predicted octanol–water partition coefficient (Wildman–Crippen LogP) is 2.98. The first-order chi connectivity index (χ1) is 8.26. The Labute approximate surface area is 108 Å². The number of aromatic nitrogens is 1. The van der Waals surface area contributed by atoms with Crippen molar-refractivity contribution in [3.63, 3.8) is 0 Å². The van der Waals surface area contributed by atoms with Crippen molar-refractivity contribution >= 4 is 16.5 Å². The average Bonchev–Trinajstić information content (AvgIpc) is 3.10. The van der Waals surface area contributed by atoms with E-state index in [9.17, 15) is 0 Å². The van der Waals surface area contributed by atoms with Gasteiger partial charge in [-0.1, -0.05) is 6.92 Å². The second-order valence-electron chi connectivity index (χ2n) is 4.77. The molecule has 3 nitrogen and oxygen atoms in total. The first kappa shape index (κ1) is 12.8. The van der Waals surface area contributed by atoms with E-state index >= 15 is 0 Å². The summed E-state index contributed by atoms with van der Waals surface area (Å²) in [5, 5.41) is 4.68. The van der Waals surface area contributed by atoms with E-state index in [0.717, 1.165) is 25.6 Å². The van der Waals surface area contributed by atoms with Crippen LogP contribution in [0.25, 0.3) is 0 Å². The van der Waals surface area contributed by atoms with Crippen LogP contribution in [0.5, 0.6) is 0 Å². The summed E-state index contributed by atoms with van der Waals surface area (Å²) in [5.41, 5.74) is 1.37. The van der Waals surface area contributed by atoms with Gasteiger partial charge >= 0.3 is 0 Å². The highest BCUT2D eigenvalue weighted by molar-refractivity contribution is 7.15. The largest absolute Gasteiger partial charge is 0.351 e. The molecule has 0 saturated heterocycles. The molecule has 1 saturated carbocycles. The van der Waals surface area contributed by atoms with Gasteiger partial charge in [-0.2, -0.15) is 0 Å². The third-order valence-electron chi connectivity index (χ3n) is 3.19. The van der Waals surface area contributed by atoms with Crippen LogP contribution >= 0.6 is 11.3 Å². The lowest BCUT2D eigenvalue weighted by atomic mass is 10.2. The molecule has 0 spiro atoms. The highest BCUT2D eigenvalue weighted by Crippen LogP contribution is 2.44. The molecule has 1 aromatic heterocycles. The molecule has 0 aromatic carbocycles. The molecule has 96 valence electrons. The zero-order valence-corrected chi connectivity index (χ0v) is 11.9. The highest BCUT2D eigenvalue weighted by Gasteiger charge is 2.29. The van der Waals surface area contributed by atoms with Crippen LogP contribution in [-0.4, -0.2) is 25.1 Å². The lowest BCUT2D eigenvalue weighted by molar-refractivity contribution is 0.676. The normalized spacial score (nSPS) is 15.2. The minimum atomic E-state index is 0.753. The van der Waals surface area contributed by atoms with E-state index in [1.807, 2.05) is 11.3 Å². The molecule has 1 aromatic rings. The zero-order chi connectivity index (χ0) is 12.3. The highest BCUT2D eigenvalue weighted by atomic mass is 32.1. The van der Waals surface area contributed by atoms with Crippen molar-refractivity contribution in [3.05, 3.63) is 10.6 Å². The van der Waals surface area contributed by atoms with Gasteiger partial charge in [0.05, 0.1) is 5.69 Å². The van der Waals surface area contributed by atoms with Crippen molar-refractivity contribution in [1.29, 1.82) is 0 Å². The molecule has 2 rings (SSSR count). The molecular formula is C13H23N3S. The van der Waals surface area contributed by atoms with Crippen LogP contribution in [0.15, 0.2) is 0 Å². The molecule has 1 fully saturated rings. The monoisotopic (exact) mass is 253 g/mol. The van der Waals surface area contributed by atoms with Crippen LogP contribution in [0.3, 0.4) is 0 Å². The zero-order valence-electron chi connectivity index (χ0n) is 11.1. The molecule has 1 aliphatic carbocycles. The van der Waals surface area contributed by atoms with Gasteiger partial charge in [0.25, 0.3) is 0 Å². The van der Waals surface area contributed by atoms with E-state index in [0.29, 0.717) is 0 Å². The van der Waals surface area contributed by atoms with Crippen LogP contribution in [0.1, 0.15) is 49.6 Å². The van der Waals surface area contributed by atoms with Gasteiger partial charge in [0.2, 0.25) is 0 Å². The number of anilines is 1. The Balaban J connectivity index is 2.08. The third-order valence-corrected chi connectivity index (χ3v) is 4.38. The fourth-order valence-corrected chi connectivity index (χ4v) is 2.97. The van der Waals surface area contributed by atoms with Gasteiger partial charge in [-0.05, 0) is 32.7 Å². The molecule has 1 N–H and O–H groups in total. The summed E-state index contributed by atoms with van der Waals surface area (Å²) in [7, 11) is 2.12. The molecule has 0 atom stereocenters. The van der Waals surface area contributed by atoms with Crippen LogP contribution in [0.2, 0.25) is 0 Å². The van der Waals surface area contributed by atoms with Gasteiger partial charge in [-0.15, -0.1) is 11.3 Å². The predicted molar refractivity (Wildman–Crippen MR) is 75.0 cm³/mol. The van der Waals surface area contributed by atoms with Crippen LogP contribution in [0.4, 0.5) is 5.13 Å².